The van der Waals surface area contributed by atoms with Gasteiger partial charge >= 0.3 is 29.5 Å². The topological polar surface area (TPSA) is 160 Å². The molecule has 1 aliphatic carbocycles. The molecule has 34 heavy (non-hydrogen) atoms. The number of aromatic nitrogens is 2. The molecule has 0 bridgehead atoms. The maximum Gasteiger partial charge on any atom is 0.431 e. The predicted molar refractivity (Wildman–Crippen MR) is 100 cm³/mol. The van der Waals surface area contributed by atoms with Crippen LogP contribution in [-0.2, 0) is 27.5 Å². The van der Waals surface area contributed by atoms with Crippen molar-refractivity contribution in [3.63, 3.8) is 0 Å². The highest BCUT2D eigenvalue weighted by molar-refractivity contribution is 5.85. The summed E-state index contributed by atoms with van der Waals surface area (Å²) in [7, 11) is 0.680. The number of nitro benzene ring substituents is 1. The van der Waals surface area contributed by atoms with Crippen LogP contribution in [0.1, 0.15) is 18.5 Å². The fourth-order valence-corrected chi connectivity index (χ4v) is 2.98. The molecule has 1 aromatic carbocycles. The van der Waals surface area contributed by atoms with E-state index in [1.165, 1.54) is 0 Å². The smallest absolute Gasteiger partial charge is 0.431 e. The van der Waals surface area contributed by atoms with Gasteiger partial charge in [-0.05, 0) is 0 Å². The lowest BCUT2D eigenvalue weighted by Gasteiger charge is -2.18. The summed E-state index contributed by atoms with van der Waals surface area (Å²) in [6, 6.07) is 0.801. The van der Waals surface area contributed by atoms with Gasteiger partial charge in [0.25, 0.3) is 5.56 Å². The van der Waals surface area contributed by atoms with Gasteiger partial charge in [0, 0.05) is 32.0 Å². The first kappa shape index (κ1) is 24.4. The van der Waals surface area contributed by atoms with Crippen LogP contribution in [0.5, 0.6) is 5.75 Å². The Morgan fingerprint density at radius 3 is 2.35 bits per heavy atom. The van der Waals surface area contributed by atoms with E-state index in [0.29, 0.717) is 13.1 Å². The van der Waals surface area contributed by atoms with Crippen molar-refractivity contribution in [1.29, 1.82) is 0 Å². The largest absolute Gasteiger partial charge is 0.479 e. The number of alkyl halides is 3. The number of carboxylic acid groups (broad SMARTS) is 1. The van der Waals surface area contributed by atoms with Crippen LogP contribution < -0.4 is 16.0 Å². The molecule has 1 saturated carbocycles. The van der Waals surface area contributed by atoms with Crippen molar-refractivity contribution in [3.8, 4) is 11.4 Å². The minimum absolute atomic E-state index is 0.00345. The van der Waals surface area contributed by atoms with Gasteiger partial charge in [-0.1, -0.05) is 0 Å². The Bertz CT molecular complexity index is 1330. The number of aliphatic carboxylic acids is 1. The van der Waals surface area contributed by atoms with Gasteiger partial charge in [0.2, 0.25) is 11.4 Å². The van der Waals surface area contributed by atoms with Gasteiger partial charge in [0.15, 0.2) is 12.4 Å². The fourth-order valence-electron chi connectivity index (χ4n) is 2.98. The first-order valence-corrected chi connectivity index (χ1v) is 9.14. The van der Waals surface area contributed by atoms with E-state index in [2.05, 4.69) is 4.74 Å². The molecule has 1 heterocycles. The molecule has 16 heteroatoms. The monoisotopic (exact) mass is 491 g/mol. The van der Waals surface area contributed by atoms with Crippen LogP contribution in [0.25, 0.3) is 5.69 Å². The zero-order chi connectivity index (χ0) is 25.6. The van der Waals surface area contributed by atoms with E-state index in [1.54, 1.807) is 0 Å². The van der Waals surface area contributed by atoms with Gasteiger partial charge in [-0.2, -0.15) is 13.2 Å². The van der Waals surface area contributed by atoms with Gasteiger partial charge < -0.3 is 14.6 Å². The van der Waals surface area contributed by atoms with Crippen molar-refractivity contribution >= 4 is 17.6 Å². The lowest BCUT2D eigenvalue weighted by Crippen LogP contribution is -2.41. The standard InChI is InChI=1S/C18H13F4N3O9/c1-23-12(18(20,21)22)6-13(26)24(16(23)30)9-5-11(10(25(31)32)4-8(9)19)34-17(2-3-17)15(29)33-7-14(27)28/h4-6H,2-3,7H2,1H3,(H,27,28). The molecule has 0 aliphatic heterocycles. The van der Waals surface area contributed by atoms with Crippen LogP contribution in [0.3, 0.4) is 0 Å². The van der Waals surface area contributed by atoms with Gasteiger partial charge in [0.1, 0.15) is 5.69 Å². The summed E-state index contributed by atoms with van der Waals surface area (Å²) < 4.78 is 63.7. The molecule has 2 aromatic rings. The number of benzene rings is 1. The average Bonchev–Trinajstić information content (AvgIpc) is 3.50. The zero-order valence-electron chi connectivity index (χ0n) is 16.9. The van der Waals surface area contributed by atoms with Crippen LogP contribution in [0.15, 0.2) is 27.8 Å². The Morgan fingerprint density at radius 1 is 1.24 bits per heavy atom. The minimum atomic E-state index is -5.08. The number of hydrogen-bond acceptors (Lipinski definition) is 8. The summed E-state index contributed by atoms with van der Waals surface area (Å²) in [5.74, 6) is -4.99. The van der Waals surface area contributed by atoms with Crippen molar-refractivity contribution in [2.45, 2.75) is 24.6 Å². The molecule has 0 atom stereocenters. The normalized spacial score (nSPS) is 14.4. The first-order valence-electron chi connectivity index (χ1n) is 9.14. The van der Waals surface area contributed by atoms with Crippen LogP contribution in [0.2, 0.25) is 0 Å². The molecule has 0 amide bonds. The Balaban J connectivity index is 2.14. The molecule has 12 nitrogen and oxygen atoms in total. The van der Waals surface area contributed by atoms with Crippen molar-refractivity contribution < 1.29 is 46.7 Å². The fraction of sp³-hybridized carbons (Fsp3) is 0.333. The molecule has 1 fully saturated rings. The first-order chi connectivity index (χ1) is 15.7. The van der Waals surface area contributed by atoms with Crippen LogP contribution >= 0.6 is 0 Å². The van der Waals surface area contributed by atoms with Crippen molar-refractivity contribution in [1.82, 2.24) is 9.13 Å². The maximum atomic E-state index is 14.7. The van der Waals surface area contributed by atoms with E-state index in [9.17, 15) is 46.9 Å². The van der Waals surface area contributed by atoms with Crippen LogP contribution in [-0.4, -0.2) is 43.3 Å². The minimum Gasteiger partial charge on any atom is -0.479 e. The molecule has 0 spiro atoms. The summed E-state index contributed by atoms with van der Waals surface area (Å²) >= 11 is 0. The van der Waals surface area contributed by atoms with Crippen molar-refractivity contribution in [2.24, 2.45) is 7.05 Å². The number of carbonyl (C=O) groups is 2. The molecule has 0 saturated heterocycles. The molecule has 182 valence electrons. The second kappa shape index (κ2) is 8.27. The summed E-state index contributed by atoms with van der Waals surface area (Å²) in [5.41, 5.74) is -8.66. The van der Waals surface area contributed by atoms with Crippen LogP contribution in [0, 0.1) is 15.9 Å². The average molecular weight is 491 g/mol. The van der Waals surface area contributed by atoms with E-state index in [0.717, 1.165) is 0 Å². The van der Waals surface area contributed by atoms with Crippen molar-refractivity contribution in [2.75, 3.05) is 6.61 Å². The SMILES string of the molecule is Cn1c(C(F)(F)F)cc(=O)n(-c2cc(OC3(C(=O)OCC(=O)O)CC3)c([N+](=O)[O-])cc2F)c1=O. The molecular weight excluding hydrogens is 478 g/mol. The summed E-state index contributed by atoms with van der Waals surface area (Å²) in [5, 5.41) is 20.0. The van der Waals surface area contributed by atoms with E-state index in [-0.39, 0.29) is 34.1 Å². The molecule has 1 N–H and O–H groups in total. The van der Waals surface area contributed by atoms with E-state index in [1.807, 2.05) is 0 Å². The highest BCUT2D eigenvalue weighted by atomic mass is 19.4. The lowest BCUT2D eigenvalue weighted by atomic mass is 10.2. The Kier molecular flexibility index (Phi) is 5.94. The number of esters is 1. The molecule has 3 rings (SSSR count). The Hall–Kier alpha value is -4.24. The second-order valence-corrected chi connectivity index (χ2v) is 7.14. The highest BCUT2D eigenvalue weighted by Gasteiger charge is 2.55. The number of halogens is 4. The predicted octanol–water partition coefficient (Wildman–Crippen LogP) is 1.14. The van der Waals surface area contributed by atoms with Gasteiger partial charge in [-0.25, -0.2) is 23.3 Å². The quantitative estimate of drug-likeness (QED) is 0.259. The van der Waals surface area contributed by atoms with E-state index in [4.69, 9.17) is 9.84 Å². The maximum absolute atomic E-state index is 14.7. The van der Waals surface area contributed by atoms with E-state index < -0.39 is 75.1 Å². The summed E-state index contributed by atoms with van der Waals surface area (Å²) in [4.78, 5) is 57.7. The van der Waals surface area contributed by atoms with Gasteiger partial charge in [0.05, 0.1) is 16.7 Å². The molecule has 1 aliphatic rings. The highest BCUT2D eigenvalue weighted by Crippen LogP contribution is 2.44. The number of rotatable bonds is 7. The number of nitro groups is 1. The third kappa shape index (κ3) is 4.46. The summed E-state index contributed by atoms with van der Waals surface area (Å²) in [6.45, 7) is -1.03. The second-order valence-electron chi connectivity index (χ2n) is 7.14. The lowest BCUT2D eigenvalue weighted by molar-refractivity contribution is -0.386. The molecular formula is C18H13F4N3O9. The third-order valence-electron chi connectivity index (χ3n) is 4.78. The number of carbonyl (C=O) groups excluding carboxylic acids is 1. The van der Waals surface area contributed by atoms with Crippen molar-refractivity contribution in [3.05, 3.63) is 60.7 Å². The molecule has 1 aromatic heterocycles. The van der Waals surface area contributed by atoms with Gasteiger partial charge in [-0.15, -0.1) is 0 Å². The van der Waals surface area contributed by atoms with E-state index >= 15 is 0 Å². The Labute approximate surface area is 184 Å². The number of hydrogen-bond donors (Lipinski definition) is 1. The third-order valence-corrected chi connectivity index (χ3v) is 4.78. The number of ether oxygens (including phenoxy) is 2. The number of carboxylic acids is 1. The zero-order valence-corrected chi connectivity index (χ0v) is 16.9. The van der Waals surface area contributed by atoms with Crippen LogP contribution in [0.4, 0.5) is 23.2 Å². The Morgan fingerprint density at radius 2 is 1.85 bits per heavy atom. The molecule has 0 radical (unpaired) electrons. The summed E-state index contributed by atoms with van der Waals surface area (Å²) in [6.07, 6.45) is -5.20. The molecule has 0 unspecified atom stereocenters. The van der Waals surface area contributed by atoms with Gasteiger partial charge in [-0.3, -0.25) is 19.5 Å². The number of nitrogens with zero attached hydrogens (tertiary/aromatic N) is 3.